The van der Waals surface area contributed by atoms with Crippen LogP contribution in [0.2, 0.25) is 0 Å². The average molecular weight is 432 g/mol. The third kappa shape index (κ3) is 4.75. The third-order valence-corrected chi connectivity index (χ3v) is 6.21. The number of carbonyl (C=O) groups excluding carboxylic acids is 2. The van der Waals surface area contributed by atoms with Crippen molar-refractivity contribution in [3.8, 4) is 0 Å². The van der Waals surface area contributed by atoms with Gasteiger partial charge in [0.15, 0.2) is 17.5 Å². The van der Waals surface area contributed by atoms with Crippen LogP contribution in [0.1, 0.15) is 67.0 Å². The van der Waals surface area contributed by atoms with E-state index in [1.54, 1.807) is 9.80 Å². The van der Waals surface area contributed by atoms with Crippen LogP contribution in [-0.2, 0) is 11.2 Å². The van der Waals surface area contributed by atoms with Crippen molar-refractivity contribution in [2.45, 2.75) is 57.4 Å². The van der Waals surface area contributed by atoms with Crippen LogP contribution >= 0.6 is 0 Å². The van der Waals surface area contributed by atoms with Gasteiger partial charge in [0.2, 0.25) is 11.8 Å². The minimum Gasteiger partial charge on any atom is -0.339 e. The van der Waals surface area contributed by atoms with Crippen molar-refractivity contribution in [3.05, 3.63) is 47.1 Å². The molecule has 7 nitrogen and oxygen atoms in total. The molecule has 2 amide bonds. The van der Waals surface area contributed by atoms with Gasteiger partial charge in [-0.25, -0.2) is 8.78 Å². The minimum absolute atomic E-state index is 0.0881. The van der Waals surface area contributed by atoms with Gasteiger partial charge < -0.3 is 14.3 Å². The largest absolute Gasteiger partial charge is 0.339 e. The maximum atomic E-state index is 13.5. The molecule has 2 aromatic rings. The van der Waals surface area contributed by atoms with Gasteiger partial charge >= 0.3 is 0 Å². The summed E-state index contributed by atoms with van der Waals surface area (Å²) in [6.07, 6.45) is 5.29. The molecule has 0 radical (unpaired) electrons. The van der Waals surface area contributed by atoms with Crippen molar-refractivity contribution in [1.29, 1.82) is 0 Å². The molecular weight excluding hydrogens is 406 g/mol. The number of halogens is 2. The molecule has 4 rings (SSSR count). The van der Waals surface area contributed by atoms with Gasteiger partial charge in [-0.15, -0.1) is 0 Å². The van der Waals surface area contributed by atoms with Crippen molar-refractivity contribution >= 4 is 11.8 Å². The summed E-state index contributed by atoms with van der Waals surface area (Å²) in [5.41, 5.74) is 0.101. The van der Waals surface area contributed by atoms with Crippen molar-refractivity contribution in [1.82, 2.24) is 19.9 Å². The summed E-state index contributed by atoms with van der Waals surface area (Å²) in [5.74, 6) is -0.871. The molecule has 0 spiro atoms. The van der Waals surface area contributed by atoms with Gasteiger partial charge in [0.1, 0.15) is 0 Å². The molecule has 1 aromatic carbocycles. The van der Waals surface area contributed by atoms with E-state index < -0.39 is 11.6 Å². The quantitative estimate of drug-likeness (QED) is 0.700. The summed E-state index contributed by atoms with van der Waals surface area (Å²) in [6, 6.07) is 3.00. The first-order chi connectivity index (χ1) is 14.9. The molecule has 1 aromatic heterocycles. The Balaban J connectivity index is 1.39. The molecular formula is C22H26F2N4O3. The Morgan fingerprint density at radius 3 is 2.68 bits per heavy atom. The predicted octanol–water partition coefficient (Wildman–Crippen LogP) is 3.31. The first-order valence-corrected chi connectivity index (χ1v) is 10.8. The van der Waals surface area contributed by atoms with Gasteiger partial charge in [0.05, 0.1) is 0 Å². The van der Waals surface area contributed by atoms with E-state index in [1.807, 2.05) is 0 Å². The smallest absolute Gasteiger partial charge is 0.254 e. The normalized spacial score (nSPS) is 19.2. The number of piperidine rings is 1. The fourth-order valence-corrected chi connectivity index (χ4v) is 4.21. The van der Waals surface area contributed by atoms with Crippen LogP contribution in [-0.4, -0.2) is 57.4 Å². The van der Waals surface area contributed by atoms with E-state index in [2.05, 4.69) is 10.1 Å². The number of benzene rings is 1. The lowest BCUT2D eigenvalue weighted by molar-refractivity contribution is -0.132. The molecule has 166 valence electrons. The minimum atomic E-state index is -1.05. The van der Waals surface area contributed by atoms with Crippen LogP contribution in [0.25, 0.3) is 0 Å². The Kier molecular flexibility index (Phi) is 6.29. The Bertz CT molecular complexity index is 960. The summed E-state index contributed by atoms with van der Waals surface area (Å²) < 4.78 is 32.1. The number of carbonyl (C=O) groups is 2. The zero-order chi connectivity index (χ0) is 22.0. The van der Waals surface area contributed by atoms with Gasteiger partial charge in [0.25, 0.3) is 5.91 Å². The summed E-state index contributed by atoms with van der Waals surface area (Å²) in [5, 5.41) is 4.04. The number of rotatable bonds is 6. The zero-order valence-electron chi connectivity index (χ0n) is 17.5. The van der Waals surface area contributed by atoms with E-state index in [1.165, 1.54) is 19.4 Å². The molecule has 1 saturated carbocycles. The highest BCUT2D eigenvalue weighted by atomic mass is 19.2. The number of aromatic nitrogens is 2. The van der Waals surface area contributed by atoms with Gasteiger partial charge in [-0.1, -0.05) is 11.6 Å². The number of amides is 2. The van der Waals surface area contributed by atoms with Gasteiger partial charge in [0, 0.05) is 50.5 Å². The summed E-state index contributed by atoms with van der Waals surface area (Å²) >= 11 is 0. The molecule has 31 heavy (non-hydrogen) atoms. The molecule has 0 N–H and O–H groups in total. The lowest BCUT2D eigenvalue weighted by Crippen LogP contribution is -2.51. The van der Waals surface area contributed by atoms with E-state index in [0.717, 1.165) is 37.8 Å². The highest BCUT2D eigenvalue weighted by molar-refractivity contribution is 5.94. The molecule has 1 aliphatic heterocycles. The van der Waals surface area contributed by atoms with Gasteiger partial charge in [-0.2, -0.15) is 4.98 Å². The van der Waals surface area contributed by atoms with Crippen LogP contribution in [0.4, 0.5) is 8.78 Å². The van der Waals surface area contributed by atoms with Gasteiger partial charge in [-0.05, 0) is 43.9 Å². The molecule has 2 fully saturated rings. The highest BCUT2D eigenvalue weighted by Crippen LogP contribution is 2.35. The lowest BCUT2D eigenvalue weighted by Gasteiger charge is -2.39. The Morgan fingerprint density at radius 1 is 1.19 bits per heavy atom. The lowest BCUT2D eigenvalue weighted by atomic mass is 9.85. The number of hydrogen-bond donors (Lipinski definition) is 0. The first-order valence-electron chi connectivity index (χ1n) is 10.8. The predicted molar refractivity (Wildman–Crippen MR) is 107 cm³/mol. The number of nitrogens with zero attached hydrogens (tertiary/aromatic N) is 4. The fraction of sp³-hybridized carbons (Fsp3) is 0.545. The molecule has 9 heteroatoms. The topological polar surface area (TPSA) is 79.5 Å². The Morgan fingerprint density at radius 2 is 2.00 bits per heavy atom. The third-order valence-electron chi connectivity index (χ3n) is 6.21. The number of likely N-dealkylation sites (tertiary alicyclic amines) is 1. The monoisotopic (exact) mass is 432 g/mol. The van der Waals surface area contributed by atoms with Gasteiger partial charge in [-0.3, -0.25) is 9.59 Å². The molecule has 2 heterocycles. The maximum absolute atomic E-state index is 13.5. The van der Waals surface area contributed by atoms with E-state index in [-0.39, 0.29) is 23.4 Å². The standard InChI is InChI=1S/C22H26F2N4O3/c1-14(29)28(11-9-20-25-21(31-26-20)15-4-2-5-15)17-6-3-10-27(13-17)22(30)16-7-8-18(23)19(24)12-16/h7-8,12,15,17H,2-6,9-11,13H2,1H3. The molecule has 2 aliphatic rings. The molecule has 0 bridgehead atoms. The molecule has 1 atom stereocenters. The van der Waals surface area contributed by atoms with E-state index in [9.17, 15) is 18.4 Å². The van der Waals surface area contributed by atoms with E-state index >= 15 is 0 Å². The van der Waals surface area contributed by atoms with Crippen LogP contribution in [0.5, 0.6) is 0 Å². The van der Waals surface area contributed by atoms with Crippen molar-refractivity contribution in [2.24, 2.45) is 0 Å². The number of hydrogen-bond acceptors (Lipinski definition) is 5. The Hall–Kier alpha value is -2.84. The van der Waals surface area contributed by atoms with Crippen molar-refractivity contribution in [2.75, 3.05) is 19.6 Å². The second kappa shape index (κ2) is 9.11. The highest BCUT2D eigenvalue weighted by Gasteiger charge is 2.31. The summed E-state index contributed by atoms with van der Waals surface area (Å²) in [6.45, 7) is 2.79. The van der Waals surface area contributed by atoms with E-state index in [4.69, 9.17) is 4.52 Å². The van der Waals surface area contributed by atoms with Crippen LogP contribution in [0.3, 0.4) is 0 Å². The molecule has 1 aliphatic carbocycles. The average Bonchev–Trinajstić information content (AvgIpc) is 3.16. The van der Waals surface area contributed by atoms with Crippen molar-refractivity contribution < 1.29 is 22.9 Å². The second-order valence-electron chi connectivity index (χ2n) is 8.32. The molecule has 1 saturated heterocycles. The Labute approximate surface area is 179 Å². The van der Waals surface area contributed by atoms with E-state index in [0.29, 0.717) is 43.7 Å². The van der Waals surface area contributed by atoms with Crippen molar-refractivity contribution in [3.63, 3.8) is 0 Å². The maximum Gasteiger partial charge on any atom is 0.254 e. The zero-order valence-corrected chi connectivity index (χ0v) is 17.5. The van der Waals surface area contributed by atoms with Crippen LogP contribution in [0, 0.1) is 11.6 Å². The second-order valence-corrected chi connectivity index (χ2v) is 8.32. The molecule has 1 unspecified atom stereocenters. The SMILES string of the molecule is CC(=O)N(CCc1noc(C2CCC2)n1)C1CCCN(C(=O)c2ccc(F)c(F)c2)C1. The van der Waals surface area contributed by atoms with Crippen LogP contribution in [0.15, 0.2) is 22.7 Å². The first kappa shape index (κ1) is 21.4. The summed E-state index contributed by atoms with van der Waals surface area (Å²) in [7, 11) is 0. The fourth-order valence-electron chi connectivity index (χ4n) is 4.21. The van der Waals surface area contributed by atoms with Crippen LogP contribution < -0.4 is 0 Å². The summed E-state index contributed by atoms with van der Waals surface area (Å²) in [4.78, 5) is 32.9.